The van der Waals surface area contributed by atoms with Crippen LogP contribution >= 0.6 is 11.6 Å². The van der Waals surface area contributed by atoms with E-state index in [2.05, 4.69) is 20.8 Å². The Morgan fingerprint density at radius 1 is 1.07 bits per heavy atom. The van der Waals surface area contributed by atoms with Crippen molar-refractivity contribution in [2.24, 2.45) is 0 Å². The maximum absolute atomic E-state index is 13.8. The maximum Gasteiger partial charge on any atom is 0.261 e. The van der Waals surface area contributed by atoms with Crippen molar-refractivity contribution in [3.63, 3.8) is 0 Å². The number of carbonyl (C=O) groups is 1. The van der Waals surface area contributed by atoms with E-state index in [1.54, 1.807) is 19.2 Å². The van der Waals surface area contributed by atoms with Gasteiger partial charge in [-0.05, 0) is 42.0 Å². The van der Waals surface area contributed by atoms with Gasteiger partial charge in [-0.2, -0.15) is 0 Å². The highest BCUT2D eigenvalue weighted by Gasteiger charge is 2.16. The van der Waals surface area contributed by atoms with Crippen molar-refractivity contribution in [3.05, 3.63) is 76.6 Å². The fourth-order valence-corrected chi connectivity index (χ4v) is 2.57. The summed E-state index contributed by atoms with van der Waals surface area (Å²) >= 11 is 5.88. The lowest BCUT2D eigenvalue weighted by Gasteiger charge is -2.08. The third-order valence-electron chi connectivity index (χ3n) is 3.73. The van der Waals surface area contributed by atoms with E-state index >= 15 is 0 Å². The second-order valence-corrected chi connectivity index (χ2v) is 5.96. The minimum absolute atomic E-state index is 0.0261. The summed E-state index contributed by atoms with van der Waals surface area (Å²) < 4.78 is 18.9. The van der Waals surface area contributed by atoms with E-state index in [0.717, 1.165) is 11.3 Å². The molecule has 2 N–H and O–H groups in total. The standard InChI is InChI=1S/C19H16ClFN4O2/c1-27-13-7-5-12(6-8-13)11-22-16-9-10-17(25-24-16)23-19(26)18-14(20)3-2-4-15(18)21/h2-10H,11H2,1H3,(H,22,24)(H,23,25,26). The Kier molecular flexibility index (Phi) is 5.83. The number of methoxy groups -OCH3 is 1. The Hall–Kier alpha value is -3.19. The van der Waals surface area contributed by atoms with E-state index in [1.165, 1.54) is 18.2 Å². The van der Waals surface area contributed by atoms with Gasteiger partial charge < -0.3 is 15.4 Å². The number of amides is 1. The van der Waals surface area contributed by atoms with Crippen LogP contribution in [0.15, 0.2) is 54.6 Å². The summed E-state index contributed by atoms with van der Waals surface area (Å²) in [5, 5.41) is 13.5. The van der Waals surface area contributed by atoms with Gasteiger partial charge in [0, 0.05) is 6.54 Å². The van der Waals surface area contributed by atoms with Crippen LogP contribution in [0, 0.1) is 5.82 Å². The van der Waals surface area contributed by atoms with Gasteiger partial charge in [-0.1, -0.05) is 29.8 Å². The van der Waals surface area contributed by atoms with Crippen molar-refractivity contribution in [1.82, 2.24) is 10.2 Å². The van der Waals surface area contributed by atoms with Crippen molar-refractivity contribution < 1.29 is 13.9 Å². The van der Waals surface area contributed by atoms with Crippen molar-refractivity contribution >= 4 is 29.1 Å². The molecule has 0 fully saturated rings. The lowest BCUT2D eigenvalue weighted by atomic mass is 10.2. The SMILES string of the molecule is COc1ccc(CNc2ccc(NC(=O)c3c(F)cccc3Cl)nn2)cc1. The Labute approximate surface area is 160 Å². The molecular weight excluding hydrogens is 371 g/mol. The molecule has 8 heteroatoms. The molecule has 0 unspecified atom stereocenters. The molecule has 1 amide bonds. The first kappa shape index (κ1) is 18.6. The molecule has 3 aromatic rings. The highest BCUT2D eigenvalue weighted by molar-refractivity contribution is 6.34. The summed E-state index contributed by atoms with van der Waals surface area (Å²) in [5.74, 6) is 0.118. The molecule has 1 aromatic heterocycles. The molecule has 0 aliphatic rings. The molecule has 27 heavy (non-hydrogen) atoms. The van der Waals surface area contributed by atoms with Crippen LogP contribution in [-0.4, -0.2) is 23.2 Å². The fourth-order valence-electron chi connectivity index (χ4n) is 2.32. The lowest BCUT2D eigenvalue weighted by molar-refractivity contribution is 0.102. The minimum atomic E-state index is -0.703. The quantitative estimate of drug-likeness (QED) is 0.665. The molecule has 0 atom stereocenters. The Morgan fingerprint density at radius 2 is 1.78 bits per heavy atom. The number of ether oxygens (including phenoxy) is 1. The van der Waals surface area contributed by atoms with Gasteiger partial charge in [0.15, 0.2) is 5.82 Å². The van der Waals surface area contributed by atoms with E-state index in [-0.39, 0.29) is 16.4 Å². The van der Waals surface area contributed by atoms with Gasteiger partial charge >= 0.3 is 0 Å². The number of nitrogens with one attached hydrogen (secondary N) is 2. The summed E-state index contributed by atoms with van der Waals surface area (Å²) in [7, 11) is 1.61. The number of hydrogen-bond donors (Lipinski definition) is 2. The highest BCUT2D eigenvalue weighted by atomic mass is 35.5. The van der Waals surface area contributed by atoms with Gasteiger partial charge in [-0.15, -0.1) is 10.2 Å². The number of rotatable bonds is 6. The van der Waals surface area contributed by atoms with Crippen LogP contribution in [0.5, 0.6) is 5.75 Å². The number of aromatic nitrogens is 2. The average molecular weight is 387 g/mol. The predicted octanol–water partition coefficient (Wildman–Crippen LogP) is 4.14. The number of benzene rings is 2. The van der Waals surface area contributed by atoms with Crippen molar-refractivity contribution in [3.8, 4) is 5.75 Å². The third kappa shape index (κ3) is 4.71. The Morgan fingerprint density at radius 3 is 2.41 bits per heavy atom. The number of halogens is 2. The molecule has 1 heterocycles. The zero-order valence-electron chi connectivity index (χ0n) is 14.4. The second-order valence-electron chi connectivity index (χ2n) is 5.56. The molecule has 6 nitrogen and oxygen atoms in total. The molecule has 0 aliphatic heterocycles. The van der Waals surface area contributed by atoms with Gasteiger partial charge in [0.1, 0.15) is 17.4 Å². The van der Waals surface area contributed by atoms with Crippen LogP contribution in [0.25, 0.3) is 0 Å². The van der Waals surface area contributed by atoms with Gasteiger partial charge in [-0.25, -0.2) is 4.39 Å². The van der Waals surface area contributed by atoms with Gasteiger partial charge in [0.05, 0.1) is 17.7 Å². The molecular formula is C19H16ClFN4O2. The van der Waals surface area contributed by atoms with Crippen molar-refractivity contribution in [1.29, 1.82) is 0 Å². The van der Waals surface area contributed by atoms with Crippen molar-refractivity contribution in [2.75, 3.05) is 17.7 Å². The van der Waals surface area contributed by atoms with Crippen LogP contribution in [0.1, 0.15) is 15.9 Å². The summed E-state index contributed by atoms with van der Waals surface area (Å²) in [6, 6.07) is 14.9. The van der Waals surface area contributed by atoms with E-state index in [1.807, 2.05) is 24.3 Å². The molecule has 0 spiro atoms. The van der Waals surface area contributed by atoms with E-state index in [9.17, 15) is 9.18 Å². The zero-order valence-corrected chi connectivity index (χ0v) is 15.1. The smallest absolute Gasteiger partial charge is 0.261 e. The summed E-state index contributed by atoms with van der Waals surface area (Å²) in [6.07, 6.45) is 0. The average Bonchev–Trinajstić information content (AvgIpc) is 2.68. The lowest BCUT2D eigenvalue weighted by Crippen LogP contribution is -2.16. The summed E-state index contributed by atoms with van der Waals surface area (Å²) in [4.78, 5) is 12.2. The number of carbonyl (C=O) groups excluding carboxylic acids is 1. The normalized spacial score (nSPS) is 10.3. The van der Waals surface area contributed by atoms with Crippen LogP contribution in [0.4, 0.5) is 16.0 Å². The summed E-state index contributed by atoms with van der Waals surface area (Å²) in [5.41, 5.74) is 0.812. The van der Waals surface area contributed by atoms with Crippen LogP contribution < -0.4 is 15.4 Å². The van der Waals surface area contributed by atoms with Crippen LogP contribution in [-0.2, 0) is 6.54 Å². The molecule has 0 saturated heterocycles. The number of hydrogen-bond acceptors (Lipinski definition) is 5. The molecule has 0 aliphatic carbocycles. The number of anilines is 2. The molecule has 0 radical (unpaired) electrons. The highest BCUT2D eigenvalue weighted by Crippen LogP contribution is 2.20. The van der Waals surface area contributed by atoms with Gasteiger partial charge in [0.25, 0.3) is 5.91 Å². The first-order chi connectivity index (χ1) is 13.1. The first-order valence-corrected chi connectivity index (χ1v) is 8.40. The first-order valence-electron chi connectivity index (χ1n) is 8.02. The van der Waals surface area contributed by atoms with Gasteiger partial charge in [-0.3, -0.25) is 4.79 Å². The minimum Gasteiger partial charge on any atom is -0.497 e. The van der Waals surface area contributed by atoms with E-state index < -0.39 is 11.7 Å². The van der Waals surface area contributed by atoms with E-state index in [4.69, 9.17) is 16.3 Å². The molecule has 2 aromatic carbocycles. The topological polar surface area (TPSA) is 76.1 Å². The fraction of sp³-hybridized carbons (Fsp3) is 0.105. The monoisotopic (exact) mass is 386 g/mol. The summed E-state index contributed by atoms with van der Waals surface area (Å²) in [6.45, 7) is 0.551. The largest absolute Gasteiger partial charge is 0.497 e. The second kappa shape index (κ2) is 8.46. The van der Waals surface area contributed by atoms with Crippen LogP contribution in [0.3, 0.4) is 0 Å². The molecule has 0 saturated carbocycles. The maximum atomic E-state index is 13.8. The predicted molar refractivity (Wildman–Crippen MR) is 102 cm³/mol. The molecule has 3 rings (SSSR count). The van der Waals surface area contributed by atoms with E-state index in [0.29, 0.717) is 12.4 Å². The zero-order chi connectivity index (χ0) is 19.2. The Bertz CT molecular complexity index is 913. The van der Waals surface area contributed by atoms with Crippen LogP contribution in [0.2, 0.25) is 5.02 Å². The molecule has 138 valence electrons. The Balaban J connectivity index is 1.60. The molecule has 0 bridgehead atoms. The van der Waals surface area contributed by atoms with Gasteiger partial charge in [0.2, 0.25) is 0 Å². The van der Waals surface area contributed by atoms with Crippen molar-refractivity contribution in [2.45, 2.75) is 6.54 Å². The third-order valence-corrected chi connectivity index (χ3v) is 4.04. The number of nitrogens with zero attached hydrogens (tertiary/aromatic N) is 2.